The fraction of sp³-hybridized carbons (Fsp3) is 0.609. The van der Waals surface area contributed by atoms with Gasteiger partial charge in [0.15, 0.2) is 11.4 Å². The van der Waals surface area contributed by atoms with Gasteiger partial charge in [-0.15, -0.1) is 5.92 Å². The molecule has 0 aromatic heterocycles. The molecule has 1 aliphatic heterocycles. The Labute approximate surface area is 163 Å². The van der Waals surface area contributed by atoms with Gasteiger partial charge in [0.25, 0.3) is 0 Å². The van der Waals surface area contributed by atoms with Crippen molar-refractivity contribution >= 4 is 5.78 Å². The Balaban J connectivity index is 0.00000261. The highest BCUT2D eigenvalue weighted by molar-refractivity contribution is 5.88. The van der Waals surface area contributed by atoms with Crippen LogP contribution in [0.15, 0.2) is 30.3 Å². The fourth-order valence-corrected chi connectivity index (χ4v) is 4.40. The van der Waals surface area contributed by atoms with E-state index >= 15 is 0 Å². The third-order valence-electron chi connectivity index (χ3n) is 5.94. The Hall–Kier alpha value is -1.67. The highest BCUT2D eigenvalue weighted by Crippen LogP contribution is 2.40. The number of aliphatic hydroxyl groups is 1. The SMILES string of the molecule is O.O=C(CCC#CCN1CCCC1)C(O)(c1ccccc1)C1CCCCC1. The first-order chi connectivity index (χ1) is 12.7. The number of likely N-dealkylation sites (tertiary alicyclic amines) is 1. The zero-order valence-corrected chi connectivity index (χ0v) is 16.3. The molecule has 1 unspecified atom stereocenters. The summed E-state index contributed by atoms with van der Waals surface area (Å²) in [5.74, 6) is 6.31. The molecule has 0 spiro atoms. The van der Waals surface area contributed by atoms with Crippen LogP contribution in [0.2, 0.25) is 0 Å². The Morgan fingerprint density at radius 3 is 2.37 bits per heavy atom. The molecule has 2 fully saturated rings. The van der Waals surface area contributed by atoms with Crippen LogP contribution in [-0.4, -0.2) is 40.9 Å². The maximum atomic E-state index is 13.1. The van der Waals surface area contributed by atoms with Crippen LogP contribution in [0.4, 0.5) is 0 Å². The molecule has 4 heteroatoms. The summed E-state index contributed by atoms with van der Waals surface area (Å²) >= 11 is 0. The van der Waals surface area contributed by atoms with Gasteiger partial charge >= 0.3 is 0 Å². The molecule has 1 saturated heterocycles. The van der Waals surface area contributed by atoms with E-state index in [4.69, 9.17) is 0 Å². The summed E-state index contributed by atoms with van der Waals surface area (Å²) in [4.78, 5) is 15.4. The summed E-state index contributed by atoms with van der Waals surface area (Å²) in [5, 5.41) is 11.5. The van der Waals surface area contributed by atoms with E-state index in [1.165, 1.54) is 19.3 Å². The van der Waals surface area contributed by atoms with Crippen molar-refractivity contribution in [1.82, 2.24) is 4.90 Å². The maximum Gasteiger partial charge on any atom is 0.170 e. The number of benzene rings is 1. The minimum atomic E-state index is -1.35. The molecule has 148 valence electrons. The van der Waals surface area contributed by atoms with Crippen molar-refractivity contribution in [2.24, 2.45) is 5.92 Å². The lowest BCUT2D eigenvalue weighted by atomic mass is 9.70. The lowest BCUT2D eigenvalue weighted by Gasteiger charge is -2.37. The summed E-state index contributed by atoms with van der Waals surface area (Å²) in [5.41, 5.74) is -0.597. The second kappa shape index (κ2) is 10.6. The minimum Gasteiger partial charge on any atom is -0.412 e. The van der Waals surface area contributed by atoms with Crippen LogP contribution < -0.4 is 0 Å². The van der Waals surface area contributed by atoms with Gasteiger partial charge in [-0.1, -0.05) is 55.5 Å². The van der Waals surface area contributed by atoms with E-state index in [-0.39, 0.29) is 17.2 Å². The van der Waals surface area contributed by atoms with Crippen molar-refractivity contribution in [2.45, 2.75) is 63.4 Å². The standard InChI is InChI=1S/C23H31NO2.H2O/c25-22(16-8-3-9-17-24-18-10-11-19-24)23(26,20-12-4-1-5-13-20)21-14-6-2-7-15-21;/h1,4-5,12-13,21,26H,2,6-8,10-11,14-19H2;1H2. The normalized spacial score (nSPS) is 20.2. The Kier molecular flexibility index (Phi) is 8.50. The van der Waals surface area contributed by atoms with E-state index in [2.05, 4.69) is 16.7 Å². The van der Waals surface area contributed by atoms with Gasteiger partial charge in [0, 0.05) is 12.8 Å². The Morgan fingerprint density at radius 2 is 1.70 bits per heavy atom. The molecule has 1 atom stereocenters. The molecule has 4 nitrogen and oxygen atoms in total. The molecule has 1 saturated carbocycles. The summed E-state index contributed by atoms with van der Waals surface area (Å²) in [6.45, 7) is 3.09. The highest BCUT2D eigenvalue weighted by atomic mass is 16.3. The molecule has 2 aliphatic rings. The predicted molar refractivity (Wildman–Crippen MR) is 108 cm³/mol. The summed E-state index contributed by atoms with van der Waals surface area (Å²) < 4.78 is 0. The largest absolute Gasteiger partial charge is 0.412 e. The van der Waals surface area contributed by atoms with Gasteiger partial charge in [0.05, 0.1) is 6.54 Å². The van der Waals surface area contributed by atoms with E-state index in [1.807, 2.05) is 30.3 Å². The molecule has 3 N–H and O–H groups in total. The number of hydrogen-bond acceptors (Lipinski definition) is 3. The van der Waals surface area contributed by atoms with E-state index in [1.54, 1.807) is 0 Å². The number of hydrogen-bond donors (Lipinski definition) is 1. The van der Waals surface area contributed by atoms with Crippen molar-refractivity contribution in [3.8, 4) is 11.8 Å². The summed E-state index contributed by atoms with van der Waals surface area (Å²) in [6, 6.07) is 9.54. The molecule has 27 heavy (non-hydrogen) atoms. The number of ketones is 1. The smallest absolute Gasteiger partial charge is 0.170 e. The fourth-order valence-electron chi connectivity index (χ4n) is 4.40. The van der Waals surface area contributed by atoms with Crippen LogP contribution >= 0.6 is 0 Å². The summed E-state index contributed by atoms with van der Waals surface area (Å²) in [7, 11) is 0. The highest BCUT2D eigenvalue weighted by Gasteiger charge is 2.44. The van der Waals surface area contributed by atoms with Crippen molar-refractivity contribution in [1.29, 1.82) is 0 Å². The van der Waals surface area contributed by atoms with Crippen LogP contribution in [-0.2, 0) is 10.4 Å². The Morgan fingerprint density at radius 1 is 1.04 bits per heavy atom. The molecule has 0 bridgehead atoms. The second-order valence-electron chi connectivity index (χ2n) is 7.73. The molecule has 1 aliphatic carbocycles. The topological polar surface area (TPSA) is 72.0 Å². The first kappa shape index (κ1) is 21.6. The quantitative estimate of drug-likeness (QED) is 0.781. The van der Waals surface area contributed by atoms with Gasteiger partial charge in [-0.3, -0.25) is 9.69 Å². The van der Waals surface area contributed by atoms with E-state index in [0.29, 0.717) is 12.8 Å². The average molecular weight is 372 g/mol. The molecule has 1 aromatic carbocycles. The van der Waals surface area contributed by atoms with Crippen molar-refractivity contribution in [3.63, 3.8) is 0 Å². The third-order valence-corrected chi connectivity index (χ3v) is 5.94. The molecule has 1 aromatic rings. The lowest BCUT2D eigenvalue weighted by molar-refractivity contribution is -0.146. The van der Waals surface area contributed by atoms with Gasteiger partial charge in [-0.2, -0.15) is 0 Å². The van der Waals surface area contributed by atoms with Crippen LogP contribution in [0.1, 0.15) is 63.4 Å². The molecule has 1 heterocycles. The van der Waals surface area contributed by atoms with Crippen LogP contribution in [0.3, 0.4) is 0 Å². The van der Waals surface area contributed by atoms with Gasteiger partial charge in [-0.05, 0) is 50.3 Å². The first-order valence-electron chi connectivity index (χ1n) is 10.2. The third kappa shape index (κ3) is 5.42. The summed E-state index contributed by atoms with van der Waals surface area (Å²) in [6.07, 6.45) is 8.67. The molecule has 3 rings (SSSR count). The minimum absolute atomic E-state index is 0. The molecular weight excluding hydrogens is 338 g/mol. The lowest BCUT2D eigenvalue weighted by Crippen LogP contribution is -2.44. The van der Waals surface area contributed by atoms with Gasteiger partial charge in [-0.25, -0.2) is 0 Å². The zero-order chi connectivity index (χ0) is 18.2. The van der Waals surface area contributed by atoms with Crippen LogP contribution in [0.25, 0.3) is 0 Å². The van der Waals surface area contributed by atoms with Crippen molar-refractivity contribution in [3.05, 3.63) is 35.9 Å². The molecular formula is C23H33NO3. The maximum absolute atomic E-state index is 13.1. The number of rotatable bonds is 6. The van der Waals surface area contributed by atoms with Gasteiger partial charge in [0.2, 0.25) is 0 Å². The number of nitrogens with zero attached hydrogens (tertiary/aromatic N) is 1. The average Bonchev–Trinajstić information content (AvgIpc) is 3.22. The molecule has 0 radical (unpaired) electrons. The second-order valence-corrected chi connectivity index (χ2v) is 7.73. The zero-order valence-electron chi connectivity index (χ0n) is 16.3. The predicted octanol–water partition coefficient (Wildman–Crippen LogP) is 3.08. The van der Waals surface area contributed by atoms with E-state index < -0.39 is 5.60 Å². The Bertz CT molecular complexity index is 637. The van der Waals surface area contributed by atoms with Crippen LogP contribution in [0, 0.1) is 17.8 Å². The number of carbonyl (C=O) groups is 1. The number of Topliss-reactive ketones (excluding diaryl/α,β-unsaturated/α-hetero) is 1. The van der Waals surface area contributed by atoms with E-state index in [0.717, 1.165) is 50.9 Å². The first-order valence-corrected chi connectivity index (χ1v) is 10.2. The van der Waals surface area contributed by atoms with E-state index in [9.17, 15) is 9.90 Å². The van der Waals surface area contributed by atoms with Gasteiger partial charge in [0.1, 0.15) is 0 Å². The van der Waals surface area contributed by atoms with Crippen LogP contribution in [0.5, 0.6) is 0 Å². The monoisotopic (exact) mass is 371 g/mol. The number of carbonyl (C=O) groups excluding carboxylic acids is 1. The van der Waals surface area contributed by atoms with Crippen molar-refractivity contribution < 1.29 is 15.4 Å². The molecule has 0 amide bonds. The van der Waals surface area contributed by atoms with Crippen molar-refractivity contribution in [2.75, 3.05) is 19.6 Å². The van der Waals surface area contributed by atoms with Gasteiger partial charge < -0.3 is 10.6 Å².